The molecule has 0 aromatic heterocycles. The van der Waals surface area contributed by atoms with E-state index >= 15 is 0 Å². The molecule has 1 N–H and O–H groups in total. The highest BCUT2D eigenvalue weighted by Gasteiger charge is 2.08. The van der Waals surface area contributed by atoms with E-state index in [2.05, 4.69) is 42.2 Å². The first-order valence-corrected chi connectivity index (χ1v) is 7.22. The molecule has 80 valence electrons. The summed E-state index contributed by atoms with van der Waals surface area (Å²) in [6, 6.07) is 6.06. The molecule has 0 spiro atoms. The first kappa shape index (κ1) is 11.5. The van der Waals surface area contributed by atoms with Gasteiger partial charge in [0.25, 0.3) is 0 Å². The summed E-state index contributed by atoms with van der Waals surface area (Å²) >= 11 is 8.74. The van der Waals surface area contributed by atoms with E-state index in [4.69, 9.17) is 0 Å². The third-order valence-electron chi connectivity index (χ3n) is 1.97. The minimum Gasteiger partial charge on any atom is -0.334 e. The molecule has 1 heterocycles. The molecule has 1 aromatic carbocycles. The van der Waals surface area contributed by atoms with Gasteiger partial charge in [-0.1, -0.05) is 27.7 Å². The van der Waals surface area contributed by atoms with Crippen LogP contribution in [0.25, 0.3) is 0 Å². The lowest BCUT2D eigenvalue weighted by Crippen LogP contribution is -2.13. The van der Waals surface area contributed by atoms with Crippen LogP contribution in [0, 0.1) is 0 Å². The first-order chi connectivity index (χ1) is 7.25. The number of benzene rings is 1. The summed E-state index contributed by atoms with van der Waals surface area (Å²) in [5, 5.41) is 4.34. The average Bonchev–Trinajstić information content (AvgIpc) is 2.25. The average molecular weight is 350 g/mol. The van der Waals surface area contributed by atoms with E-state index in [9.17, 15) is 0 Å². The molecule has 0 unspecified atom stereocenters. The minimum absolute atomic E-state index is 0.932. The first-order valence-electron chi connectivity index (χ1n) is 4.65. The summed E-state index contributed by atoms with van der Waals surface area (Å²) in [6.45, 7) is 0.932. The lowest BCUT2D eigenvalue weighted by Gasteiger charge is -2.14. The van der Waals surface area contributed by atoms with Crippen molar-refractivity contribution in [2.24, 2.45) is 4.99 Å². The molecule has 1 aliphatic heterocycles. The zero-order valence-electron chi connectivity index (χ0n) is 7.96. The van der Waals surface area contributed by atoms with Gasteiger partial charge < -0.3 is 5.32 Å². The molecular weight excluding hydrogens is 340 g/mol. The molecular formula is C10H10Br2N2S. The standard InChI is InChI=1S/C10H10Br2N2S/c11-7-2-3-8(12)9(6-7)14-10-13-4-1-5-15-10/h2-3,6H,1,4-5H2,(H,13,14). The Morgan fingerprint density at radius 2 is 2.20 bits per heavy atom. The third-order valence-corrected chi connectivity index (χ3v) is 4.15. The van der Waals surface area contributed by atoms with Crippen LogP contribution in [0.5, 0.6) is 0 Å². The SMILES string of the molecule is Brc1ccc(Br)c(NC2=NCCCS2)c1. The van der Waals surface area contributed by atoms with Crippen molar-refractivity contribution in [3.8, 4) is 0 Å². The molecule has 0 atom stereocenters. The van der Waals surface area contributed by atoms with Crippen molar-refractivity contribution in [1.29, 1.82) is 0 Å². The van der Waals surface area contributed by atoms with Gasteiger partial charge in [-0.2, -0.15) is 0 Å². The third kappa shape index (κ3) is 3.23. The summed E-state index contributed by atoms with van der Waals surface area (Å²) < 4.78 is 2.12. The quantitative estimate of drug-likeness (QED) is 0.824. The molecule has 1 aromatic rings. The maximum absolute atomic E-state index is 4.43. The second kappa shape index (κ2) is 5.37. The number of nitrogens with one attached hydrogen (secondary N) is 1. The van der Waals surface area contributed by atoms with Crippen LogP contribution >= 0.6 is 43.6 Å². The number of halogens is 2. The molecule has 0 saturated heterocycles. The summed E-state index contributed by atoms with van der Waals surface area (Å²) in [5.74, 6) is 1.15. The van der Waals surface area contributed by atoms with E-state index in [0.29, 0.717) is 0 Å². The Morgan fingerprint density at radius 3 is 2.93 bits per heavy atom. The number of anilines is 1. The van der Waals surface area contributed by atoms with E-state index in [-0.39, 0.29) is 0 Å². The Labute approximate surface area is 110 Å². The molecule has 0 radical (unpaired) electrons. The van der Waals surface area contributed by atoms with Crippen molar-refractivity contribution in [2.75, 3.05) is 17.6 Å². The van der Waals surface area contributed by atoms with Gasteiger partial charge in [0.15, 0.2) is 5.17 Å². The molecule has 1 aliphatic rings. The van der Waals surface area contributed by atoms with Crippen LogP contribution in [0.1, 0.15) is 6.42 Å². The summed E-state index contributed by atoms with van der Waals surface area (Å²) in [6.07, 6.45) is 1.18. The monoisotopic (exact) mass is 348 g/mol. The van der Waals surface area contributed by atoms with E-state index in [0.717, 1.165) is 32.1 Å². The largest absolute Gasteiger partial charge is 0.334 e. The van der Waals surface area contributed by atoms with Crippen LogP contribution in [0.4, 0.5) is 5.69 Å². The fourth-order valence-corrected chi connectivity index (χ4v) is 2.78. The molecule has 0 saturated carbocycles. The minimum atomic E-state index is 0.932. The fourth-order valence-electron chi connectivity index (χ4n) is 1.24. The Kier molecular flexibility index (Phi) is 4.11. The maximum atomic E-state index is 4.43. The summed E-state index contributed by atoms with van der Waals surface area (Å²) in [4.78, 5) is 4.43. The molecule has 5 heteroatoms. The number of amidine groups is 1. The molecule has 0 amide bonds. The van der Waals surface area contributed by atoms with E-state index in [1.165, 1.54) is 6.42 Å². The van der Waals surface area contributed by atoms with Gasteiger partial charge in [0, 0.05) is 21.2 Å². The van der Waals surface area contributed by atoms with Gasteiger partial charge in [-0.15, -0.1) is 0 Å². The molecule has 2 rings (SSSR count). The Bertz CT molecular complexity index is 393. The van der Waals surface area contributed by atoms with Crippen LogP contribution in [0.3, 0.4) is 0 Å². The van der Waals surface area contributed by atoms with Gasteiger partial charge in [-0.25, -0.2) is 0 Å². The number of aliphatic imine (C=N–C) groups is 1. The predicted octanol–water partition coefficient (Wildman–Crippen LogP) is 4.12. The van der Waals surface area contributed by atoms with Crippen molar-refractivity contribution in [1.82, 2.24) is 0 Å². The topological polar surface area (TPSA) is 24.4 Å². The van der Waals surface area contributed by atoms with Gasteiger partial charge in [0.05, 0.1) is 5.69 Å². The Morgan fingerprint density at radius 1 is 1.33 bits per heavy atom. The van der Waals surface area contributed by atoms with E-state index < -0.39 is 0 Å². The summed E-state index contributed by atoms with van der Waals surface area (Å²) in [5.41, 5.74) is 1.05. The van der Waals surface area contributed by atoms with E-state index in [1.54, 1.807) is 11.8 Å². The summed E-state index contributed by atoms with van der Waals surface area (Å²) in [7, 11) is 0. The second-order valence-corrected chi connectivity index (χ2v) is 5.99. The van der Waals surface area contributed by atoms with Crippen LogP contribution in [0.15, 0.2) is 32.1 Å². The maximum Gasteiger partial charge on any atom is 0.161 e. The van der Waals surface area contributed by atoms with E-state index in [1.807, 2.05) is 18.2 Å². The lowest BCUT2D eigenvalue weighted by atomic mass is 10.3. The van der Waals surface area contributed by atoms with Gasteiger partial charge in [0.2, 0.25) is 0 Å². The highest BCUT2D eigenvalue weighted by Crippen LogP contribution is 2.27. The van der Waals surface area contributed by atoms with Crippen molar-refractivity contribution in [3.63, 3.8) is 0 Å². The van der Waals surface area contributed by atoms with Gasteiger partial charge in [-0.05, 0) is 40.5 Å². The van der Waals surface area contributed by atoms with Crippen LogP contribution in [-0.2, 0) is 0 Å². The molecule has 15 heavy (non-hydrogen) atoms. The van der Waals surface area contributed by atoms with Gasteiger partial charge in [0.1, 0.15) is 0 Å². The number of hydrogen-bond acceptors (Lipinski definition) is 3. The number of hydrogen-bond donors (Lipinski definition) is 1. The van der Waals surface area contributed by atoms with Crippen LogP contribution < -0.4 is 5.32 Å². The molecule has 0 aliphatic carbocycles. The Balaban J connectivity index is 2.15. The predicted molar refractivity (Wildman–Crippen MR) is 74.8 cm³/mol. The van der Waals surface area contributed by atoms with Crippen molar-refractivity contribution < 1.29 is 0 Å². The smallest absolute Gasteiger partial charge is 0.161 e. The normalized spacial score (nSPS) is 16.0. The second-order valence-electron chi connectivity index (χ2n) is 3.14. The molecule has 0 fully saturated rings. The highest BCUT2D eigenvalue weighted by molar-refractivity contribution is 9.11. The number of thioether (sulfide) groups is 1. The van der Waals surface area contributed by atoms with Crippen molar-refractivity contribution in [2.45, 2.75) is 6.42 Å². The zero-order chi connectivity index (χ0) is 10.7. The molecule has 0 bridgehead atoms. The van der Waals surface area contributed by atoms with Gasteiger partial charge in [-0.3, -0.25) is 4.99 Å². The lowest BCUT2D eigenvalue weighted by molar-refractivity contribution is 0.938. The fraction of sp³-hybridized carbons (Fsp3) is 0.300. The van der Waals surface area contributed by atoms with Crippen LogP contribution in [0.2, 0.25) is 0 Å². The number of nitrogens with zero attached hydrogens (tertiary/aromatic N) is 1. The van der Waals surface area contributed by atoms with Crippen molar-refractivity contribution >= 4 is 54.5 Å². The number of rotatable bonds is 1. The van der Waals surface area contributed by atoms with Crippen molar-refractivity contribution in [3.05, 3.63) is 27.1 Å². The zero-order valence-corrected chi connectivity index (χ0v) is 12.0. The Hall–Kier alpha value is -0.000000000000000111. The van der Waals surface area contributed by atoms with Gasteiger partial charge >= 0.3 is 0 Å². The molecule has 2 nitrogen and oxygen atoms in total. The highest BCUT2D eigenvalue weighted by atomic mass is 79.9. The van der Waals surface area contributed by atoms with Crippen LogP contribution in [-0.4, -0.2) is 17.5 Å².